The molecule has 0 aromatic heterocycles. The van der Waals surface area contributed by atoms with Gasteiger partial charge in [-0.05, 0) is 37.3 Å². The van der Waals surface area contributed by atoms with Gasteiger partial charge in [0.1, 0.15) is 0 Å². The van der Waals surface area contributed by atoms with Gasteiger partial charge in [-0.15, -0.1) is 0 Å². The molecular formula is C15H14F2N2O2. The van der Waals surface area contributed by atoms with Gasteiger partial charge in [0, 0.05) is 12.1 Å². The Morgan fingerprint density at radius 2 is 2.00 bits per heavy atom. The van der Waals surface area contributed by atoms with Crippen LogP contribution in [0, 0.1) is 11.6 Å². The van der Waals surface area contributed by atoms with E-state index in [0.717, 1.165) is 6.07 Å². The first kappa shape index (κ1) is 14.8. The second-order valence-electron chi connectivity index (χ2n) is 4.27. The summed E-state index contributed by atoms with van der Waals surface area (Å²) in [4.78, 5) is 11.7. The van der Waals surface area contributed by atoms with E-state index in [4.69, 9.17) is 10.5 Å². The molecule has 0 fully saturated rings. The second kappa shape index (κ2) is 6.21. The van der Waals surface area contributed by atoms with E-state index in [-0.39, 0.29) is 23.1 Å². The Kier molecular flexibility index (Phi) is 4.37. The molecule has 110 valence electrons. The van der Waals surface area contributed by atoms with Crippen molar-refractivity contribution in [2.24, 2.45) is 0 Å². The molecule has 0 aliphatic rings. The van der Waals surface area contributed by atoms with Crippen molar-refractivity contribution in [2.45, 2.75) is 6.92 Å². The van der Waals surface area contributed by atoms with Crippen LogP contribution in [-0.4, -0.2) is 12.5 Å². The average molecular weight is 292 g/mol. The van der Waals surface area contributed by atoms with E-state index in [1.165, 1.54) is 30.3 Å². The number of ether oxygens (including phenoxy) is 1. The van der Waals surface area contributed by atoms with Crippen molar-refractivity contribution in [3.05, 3.63) is 53.6 Å². The number of nitrogens with one attached hydrogen (secondary N) is 1. The quantitative estimate of drug-likeness (QED) is 0.851. The van der Waals surface area contributed by atoms with Crippen LogP contribution in [0.15, 0.2) is 36.4 Å². The molecule has 21 heavy (non-hydrogen) atoms. The van der Waals surface area contributed by atoms with Crippen molar-refractivity contribution >= 4 is 11.6 Å². The van der Waals surface area contributed by atoms with Crippen LogP contribution in [0.25, 0.3) is 0 Å². The molecule has 0 bridgehead atoms. The van der Waals surface area contributed by atoms with Gasteiger partial charge in [0.25, 0.3) is 5.91 Å². The van der Waals surface area contributed by atoms with Gasteiger partial charge in [0.15, 0.2) is 17.3 Å². The van der Waals surface area contributed by atoms with Crippen LogP contribution >= 0.6 is 0 Å². The fourth-order valence-electron chi connectivity index (χ4n) is 1.71. The predicted molar refractivity (Wildman–Crippen MR) is 75.3 cm³/mol. The van der Waals surface area contributed by atoms with Gasteiger partial charge in [-0.1, -0.05) is 6.07 Å². The monoisotopic (exact) mass is 292 g/mol. The molecule has 0 unspecified atom stereocenters. The molecule has 0 saturated carbocycles. The number of nitrogens with two attached hydrogens (primary N) is 1. The van der Waals surface area contributed by atoms with Gasteiger partial charge >= 0.3 is 0 Å². The Morgan fingerprint density at radius 3 is 2.71 bits per heavy atom. The first-order valence-corrected chi connectivity index (χ1v) is 6.32. The molecule has 0 aliphatic carbocycles. The normalized spacial score (nSPS) is 10.2. The lowest BCUT2D eigenvalue weighted by Gasteiger charge is -2.11. The van der Waals surface area contributed by atoms with Gasteiger partial charge in [-0.3, -0.25) is 4.79 Å². The second-order valence-corrected chi connectivity index (χ2v) is 4.27. The van der Waals surface area contributed by atoms with Crippen molar-refractivity contribution < 1.29 is 18.3 Å². The van der Waals surface area contributed by atoms with Gasteiger partial charge in [-0.2, -0.15) is 4.39 Å². The van der Waals surface area contributed by atoms with Gasteiger partial charge in [-0.25, -0.2) is 4.39 Å². The van der Waals surface area contributed by atoms with Gasteiger partial charge in [0.2, 0.25) is 5.82 Å². The summed E-state index contributed by atoms with van der Waals surface area (Å²) in [5.41, 5.74) is 6.26. The minimum Gasteiger partial charge on any atom is -0.452 e. The highest BCUT2D eigenvalue weighted by Crippen LogP contribution is 2.30. The highest BCUT2D eigenvalue weighted by atomic mass is 19.2. The van der Waals surface area contributed by atoms with Crippen LogP contribution in [0.3, 0.4) is 0 Å². The largest absolute Gasteiger partial charge is 0.452 e. The number of benzene rings is 2. The number of hydrogen-bond donors (Lipinski definition) is 2. The third-order valence-electron chi connectivity index (χ3n) is 2.75. The molecular weight excluding hydrogens is 278 g/mol. The van der Waals surface area contributed by atoms with Gasteiger partial charge in [0.05, 0.1) is 5.69 Å². The third kappa shape index (κ3) is 3.28. The number of nitrogen functional groups attached to an aromatic ring is 1. The lowest BCUT2D eigenvalue weighted by molar-refractivity contribution is 0.0955. The van der Waals surface area contributed by atoms with E-state index < -0.39 is 11.6 Å². The summed E-state index contributed by atoms with van der Waals surface area (Å²) in [5, 5.41) is 2.62. The SMILES string of the molecule is CCNC(=O)c1ccc(N)c(Oc2cccc(F)c2F)c1. The summed E-state index contributed by atoms with van der Waals surface area (Å²) in [6.07, 6.45) is 0. The van der Waals surface area contributed by atoms with Gasteiger partial charge < -0.3 is 15.8 Å². The number of rotatable bonds is 4. The minimum atomic E-state index is -1.11. The standard InChI is InChI=1S/C15H14F2N2O2/c1-2-19-15(20)9-6-7-11(18)13(8-9)21-12-5-3-4-10(16)14(12)17/h3-8H,2,18H2,1H3,(H,19,20). The third-order valence-corrected chi connectivity index (χ3v) is 2.75. The van der Waals surface area contributed by atoms with E-state index >= 15 is 0 Å². The molecule has 0 atom stereocenters. The summed E-state index contributed by atoms with van der Waals surface area (Å²) in [6.45, 7) is 2.26. The van der Waals surface area contributed by atoms with Crippen molar-refractivity contribution in [1.82, 2.24) is 5.32 Å². The zero-order valence-electron chi connectivity index (χ0n) is 11.3. The maximum absolute atomic E-state index is 13.6. The Balaban J connectivity index is 2.33. The van der Waals surface area contributed by atoms with E-state index in [2.05, 4.69) is 5.32 Å². The molecule has 2 aromatic rings. The summed E-state index contributed by atoms with van der Waals surface area (Å²) in [7, 11) is 0. The number of anilines is 1. The molecule has 6 heteroatoms. The number of hydrogen-bond acceptors (Lipinski definition) is 3. The van der Waals surface area contributed by atoms with Crippen molar-refractivity contribution in [2.75, 3.05) is 12.3 Å². The Hall–Kier alpha value is -2.63. The Bertz CT molecular complexity index is 675. The topological polar surface area (TPSA) is 64.4 Å². The Labute approximate surface area is 120 Å². The van der Waals surface area contributed by atoms with Crippen molar-refractivity contribution in [3.63, 3.8) is 0 Å². The lowest BCUT2D eigenvalue weighted by atomic mass is 10.1. The highest BCUT2D eigenvalue weighted by Gasteiger charge is 2.13. The first-order chi connectivity index (χ1) is 10.0. The molecule has 0 saturated heterocycles. The summed E-state index contributed by atoms with van der Waals surface area (Å²) >= 11 is 0. The molecule has 2 rings (SSSR count). The number of carbonyl (C=O) groups is 1. The lowest BCUT2D eigenvalue weighted by Crippen LogP contribution is -2.22. The van der Waals surface area contributed by atoms with Crippen LogP contribution < -0.4 is 15.8 Å². The zero-order chi connectivity index (χ0) is 15.4. The maximum Gasteiger partial charge on any atom is 0.251 e. The van der Waals surface area contributed by atoms with E-state index in [0.29, 0.717) is 12.1 Å². The van der Waals surface area contributed by atoms with E-state index in [1.807, 2.05) is 0 Å². The molecule has 2 aromatic carbocycles. The average Bonchev–Trinajstić information content (AvgIpc) is 2.46. The van der Waals surface area contributed by atoms with E-state index in [1.54, 1.807) is 6.92 Å². The first-order valence-electron chi connectivity index (χ1n) is 6.32. The summed E-state index contributed by atoms with van der Waals surface area (Å²) in [6, 6.07) is 7.95. The fraction of sp³-hybridized carbons (Fsp3) is 0.133. The number of amides is 1. The molecule has 0 aliphatic heterocycles. The number of halogens is 2. The molecule has 0 radical (unpaired) electrons. The Morgan fingerprint density at radius 1 is 1.24 bits per heavy atom. The molecule has 0 spiro atoms. The van der Waals surface area contributed by atoms with Crippen LogP contribution in [-0.2, 0) is 0 Å². The van der Waals surface area contributed by atoms with Crippen LogP contribution in [0.2, 0.25) is 0 Å². The van der Waals surface area contributed by atoms with E-state index in [9.17, 15) is 13.6 Å². The van der Waals surface area contributed by atoms with Crippen molar-refractivity contribution in [3.8, 4) is 11.5 Å². The summed E-state index contributed by atoms with van der Waals surface area (Å²) < 4.78 is 32.0. The molecule has 3 N–H and O–H groups in total. The highest BCUT2D eigenvalue weighted by molar-refractivity contribution is 5.95. The van der Waals surface area contributed by atoms with Crippen LogP contribution in [0.1, 0.15) is 17.3 Å². The minimum absolute atomic E-state index is 0.0863. The maximum atomic E-state index is 13.6. The summed E-state index contributed by atoms with van der Waals surface area (Å²) in [5.74, 6) is -2.65. The number of carbonyl (C=O) groups excluding carboxylic acids is 1. The molecule has 4 nitrogen and oxygen atoms in total. The molecule has 1 amide bonds. The van der Waals surface area contributed by atoms with Crippen molar-refractivity contribution in [1.29, 1.82) is 0 Å². The van der Waals surface area contributed by atoms with Crippen LogP contribution in [0.5, 0.6) is 11.5 Å². The fourth-order valence-corrected chi connectivity index (χ4v) is 1.71. The smallest absolute Gasteiger partial charge is 0.251 e. The van der Waals surface area contributed by atoms with Crippen LogP contribution in [0.4, 0.5) is 14.5 Å². The predicted octanol–water partition coefficient (Wildman–Crippen LogP) is 3.09. The zero-order valence-corrected chi connectivity index (χ0v) is 11.3. The molecule has 0 heterocycles.